The van der Waals surface area contributed by atoms with Crippen molar-refractivity contribution in [3.63, 3.8) is 0 Å². The number of benzene rings is 2. The molecule has 35 heavy (non-hydrogen) atoms. The molecule has 3 aliphatic rings. The van der Waals surface area contributed by atoms with Crippen molar-refractivity contribution >= 4 is 6.09 Å². The van der Waals surface area contributed by atoms with Gasteiger partial charge in [0.1, 0.15) is 6.61 Å². The maximum Gasteiger partial charge on any atom is 0.410 e. The molecule has 0 spiro atoms. The van der Waals surface area contributed by atoms with Crippen molar-refractivity contribution in [1.29, 1.82) is 0 Å². The number of aliphatic hydroxyl groups is 1. The predicted molar refractivity (Wildman–Crippen MR) is 132 cm³/mol. The van der Waals surface area contributed by atoms with Crippen LogP contribution in [0.25, 0.3) is 11.1 Å². The molecule has 1 N–H and O–H groups in total. The number of aryl methyl sites for hydroxylation is 1. The van der Waals surface area contributed by atoms with E-state index in [9.17, 15) is 9.90 Å². The van der Waals surface area contributed by atoms with Crippen LogP contribution in [0.1, 0.15) is 54.0 Å². The van der Waals surface area contributed by atoms with Crippen LogP contribution in [0.2, 0.25) is 0 Å². The minimum Gasteiger partial charge on any atom is -0.481 e. The topological polar surface area (TPSA) is 71.9 Å². The Morgan fingerprint density at radius 2 is 1.60 bits per heavy atom. The highest BCUT2D eigenvalue weighted by Crippen LogP contribution is 2.48. The van der Waals surface area contributed by atoms with Crippen LogP contribution in [0.4, 0.5) is 4.79 Å². The molecule has 2 bridgehead atoms. The highest BCUT2D eigenvalue weighted by molar-refractivity contribution is 5.79. The highest BCUT2D eigenvalue weighted by Gasteiger charge is 2.51. The van der Waals surface area contributed by atoms with Crippen molar-refractivity contribution in [3.8, 4) is 17.0 Å². The second kappa shape index (κ2) is 8.38. The number of piperidine rings is 1. The number of nitrogens with zero attached hydrogens (tertiary/aromatic N) is 2. The van der Waals surface area contributed by atoms with E-state index in [0.717, 1.165) is 24.1 Å². The maximum atomic E-state index is 13.3. The van der Waals surface area contributed by atoms with Gasteiger partial charge in [-0.3, -0.25) is 0 Å². The average Bonchev–Trinajstić information content (AvgIpc) is 3.34. The van der Waals surface area contributed by atoms with Crippen LogP contribution >= 0.6 is 0 Å². The lowest BCUT2D eigenvalue weighted by atomic mass is 9.80. The molecule has 3 aromatic rings. The van der Waals surface area contributed by atoms with E-state index in [1.165, 1.54) is 22.3 Å². The van der Waals surface area contributed by atoms with E-state index in [4.69, 9.17) is 9.47 Å². The lowest BCUT2D eigenvalue weighted by Gasteiger charge is -2.43. The summed E-state index contributed by atoms with van der Waals surface area (Å²) in [6.07, 6.45) is 2.45. The summed E-state index contributed by atoms with van der Waals surface area (Å²) < 4.78 is 11.2. The number of fused-ring (bicyclic) bond motifs is 5. The molecule has 1 aliphatic carbocycles. The van der Waals surface area contributed by atoms with E-state index >= 15 is 0 Å². The average molecular weight is 471 g/mol. The largest absolute Gasteiger partial charge is 0.481 e. The van der Waals surface area contributed by atoms with Gasteiger partial charge in [0.25, 0.3) is 0 Å². The van der Waals surface area contributed by atoms with E-state index in [-0.39, 0.29) is 24.1 Å². The fourth-order valence-electron chi connectivity index (χ4n) is 6.55. The third kappa shape index (κ3) is 3.59. The predicted octanol–water partition coefficient (Wildman–Crippen LogP) is 5.16. The summed E-state index contributed by atoms with van der Waals surface area (Å²) in [6, 6.07) is 20.3. The first-order chi connectivity index (χ1) is 17.0. The first-order valence-corrected chi connectivity index (χ1v) is 12.4. The molecule has 2 atom stereocenters. The molecular weight excluding hydrogens is 440 g/mol. The number of rotatable bonds is 4. The van der Waals surface area contributed by atoms with E-state index < -0.39 is 5.60 Å². The van der Waals surface area contributed by atoms with Crippen LogP contribution < -0.4 is 4.74 Å². The van der Waals surface area contributed by atoms with Crippen molar-refractivity contribution in [2.75, 3.05) is 13.7 Å². The number of methoxy groups -OCH3 is 1. The molecule has 6 rings (SSSR count). The molecule has 2 fully saturated rings. The Balaban J connectivity index is 1.18. The van der Waals surface area contributed by atoms with Gasteiger partial charge in [0.05, 0.1) is 12.7 Å². The van der Waals surface area contributed by atoms with Crippen molar-refractivity contribution in [3.05, 3.63) is 83.0 Å². The summed E-state index contributed by atoms with van der Waals surface area (Å²) >= 11 is 0. The van der Waals surface area contributed by atoms with E-state index in [2.05, 4.69) is 41.4 Å². The zero-order valence-electron chi connectivity index (χ0n) is 20.1. The Bertz CT molecular complexity index is 1230. The number of pyridine rings is 1. The Kier molecular flexibility index (Phi) is 5.29. The Labute approximate surface area is 205 Å². The summed E-state index contributed by atoms with van der Waals surface area (Å²) in [5.74, 6) is 0.577. The van der Waals surface area contributed by atoms with Crippen LogP contribution in [0.5, 0.6) is 5.88 Å². The zero-order chi connectivity index (χ0) is 24.2. The Morgan fingerprint density at radius 3 is 2.17 bits per heavy atom. The summed E-state index contributed by atoms with van der Waals surface area (Å²) in [5.41, 5.74) is 5.43. The molecule has 0 saturated carbocycles. The molecule has 6 nitrogen and oxygen atoms in total. The summed E-state index contributed by atoms with van der Waals surface area (Å²) in [4.78, 5) is 19.7. The number of hydrogen-bond acceptors (Lipinski definition) is 5. The number of aromatic nitrogens is 1. The molecule has 1 aromatic heterocycles. The van der Waals surface area contributed by atoms with Gasteiger partial charge >= 0.3 is 6.09 Å². The molecule has 2 unspecified atom stereocenters. The number of hydrogen-bond donors (Lipinski definition) is 1. The minimum absolute atomic E-state index is 0.0405. The fourth-order valence-corrected chi connectivity index (χ4v) is 6.55. The standard InChI is InChI=1S/C29H30N2O4/c1-18-26(13-14-27(30-18)34-2)29(33)15-19-11-12-20(16-29)31(19)28(32)35-17-25-23-9-5-3-7-21(23)22-8-4-6-10-24(22)25/h3-10,13-14,19-20,25,33H,11-12,15-17H2,1-2H3. The smallest absolute Gasteiger partial charge is 0.410 e. The molecule has 6 heteroatoms. The lowest BCUT2D eigenvalue weighted by Crippen LogP contribution is -2.52. The Hall–Kier alpha value is -3.38. The molecular formula is C29H30N2O4. The van der Waals surface area contributed by atoms with Gasteiger partial charge in [-0.1, -0.05) is 48.5 Å². The van der Waals surface area contributed by atoms with Crippen LogP contribution in [0, 0.1) is 6.92 Å². The van der Waals surface area contributed by atoms with Gasteiger partial charge in [0.2, 0.25) is 5.88 Å². The molecule has 2 saturated heterocycles. The van der Waals surface area contributed by atoms with Gasteiger partial charge < -0.3 is 19.5 Å². The van der Waals surface area contributed by atoms with Crippen molar-refractivity contribution in [2.45, 2.75) is 56.2 Å². The third-order valence-electron chi connectivity index (χ3n) is 8.08. The van der Waals surface area contributed by atoms with Crippen LogP contribution in [0.15, 0.2) is 60.7 Å². The quantitative estimate of drug-likeness (QED) is 0.570. The van der Waals surface area contributed by atoms with Gasteiger partial charge in [-0.2, -0.15) is 0 Å². The van der Waals surface area contributed by atoms with Gasteiger partial charge in [-0.15, -0.1) is 0 Å². The van der Waals surface area contributed by atoms with Crippen molar-refractivity contribution < 1.29 is 19.4 Å². The van der Waals surface area contributed by atoms with Gasteiger partial charge in [-0.25, -0.2) is 9.78 Å². The molecule has 1 amide bonds. The number of carbonyl (C=O) groups excluding carboxylic acids is 1. The van der Waals surface area contributed by atoms with E-state index in [1.54, 1.807) is 13.2 Å². The second-order valence-electron chi connectivity index (χ2n) is 10.0. The van der Waals surface area contributed by atoms with Crippen molar-refractivity contribution in [2.24, 2.45) is 0 Å². The third-order valence-corrected chi connectivity index (χ3v) is 8.08. The minimum atomic E-state index is -1.00. The second-order valence-corrected chi connectivity index (χ2v) is 10.0. The van der Waals surface area contributed by atoms with Gasteiger partial charge in [-0.05, 0) is 48.1 Å². The first-order valence-electron chi connectivity index (χ1n) is 12.4. The van der Waals surface area contributed by atoms with Gasteiger partial charge in [0.15, 0.2) is 0 Å². The maximum absolute atomic E-state index is 13.3. The normalized spacial score (nSPS) is 24.7. The van der Waals surface area contributed by atoms with E-state index in [0.29, 0.717) is 25.3 Å². The van der Waals surface area contributed by atoms with Crippen LogP contribution in [-0.4, -0.2) is 46.9 Å². The van der Waals surface area contributed by atoms with Crippen LogP contribution in [0.3, 0.4) is 0 Å². The van der Waals surface area contributed by atoms with E-state index in [1.807, 2.05) is 30.0 Å². The highest BCUT2D eigenvalue weighted by atomic mass is 16.6. The number of ether oxygens (including phenoxy) is 2. The van der Waals surface area contributed by atoms with Gasteiger partial charge in [0, 0.05) is 48.2 Å². The SMILES string of the molecule is COc1ccc(C2(O)CC3CCC(C2)N3C(=O)OCC2c3ccccc3-c3ccccc32)c(C)n1. The Morgan fingerprint density at radius 1 is 1.00 bits per heavy atom. The molecule has 180 valence electrons. The fraction of sp³-hybridized carbons (Fsp3) is 0.379. The summed E-state index contributed by atoms with van der Waals surface area (Å²) in [5, 5.41) is 11.6. The molecule has 3 heterocycles. The first kappa shape index (κ1) is 22.1. The molecule has 0 radical (unpaired) electrons. The van der Waals surface area contributed by atoms with Crippen LogP contribution in [-0.2, 0) is 10.3 Å². The summed E-state index contributed by atoms with van der Waals surface area (Å²) in [7, 11) is 1.59. The zero-order valence-corrected chi connectivity index (χ0v) is 20.1. The monoisotopic (exact) mass is 470 g/mol. The molecule has 2 aromatic carbocycles. The number of amides is 1. The van der Waals surface area contributed by atoms with Crippen molar-refractivity contribution in [1.82, 2.24) is 9.88 Å². The number of carbonyl (C=O) groups is 1. The summed E-state index contributed by atoms with van der Waals surface area (Å²) in [6.45, 7) is 2.21. The molecule has 2 aliphatic heterocycles. The lowest BCUT2D eigenvalue weighted by molar-refractivity contribution is -0.0537.